The molecule has 0 spiro atoms. The van der Waals surface area contributed by atoms with Crippen LogP contribution in [-0.2, 0) is 11.2 Å². The number of rotatable bonds is 7. The summed E-state index contributed by atoms with van der Waals surface area (Å²) in [4.78, 5) is 12.1. The zero-order chi connectivity index (χ0) is 15.8. The molecule has 116 valence electrons. The fraction of sp³-hybridized carbons (Fsp3) is 0.278. The average molecular weight is 300 g/mol. The lowest BCUT2D eigenvalue weighted by Crippen LogP contribution is -2.08. The van der Waals surface area contributed by atoms with Crippen molar-refractivity contribution in [2.24, 2.45) is 0 Å². The maximum Gasteiger partial charge on any atom is 0.338 e. The summed E-state index contributed by atoms with van der Waals surface area (Å²) in [6.07, 6.45) is 0.695. The number of carbonyl (C=O) groups excluding carboxylic acids is 1. The van der Waals surface area contributed by atoms with Gasteiger partial charge in [-0.3, -0.25) is 0 Å². The first-order valence-corrected chi connectivity index (χ1v) is 7.26. The van der Waals surface area contributed by atoms with Crippen molar-refractivity contribution in [1.29, 1.82) is 0 Å². The van der Waals surface area contributed by atoms with Gasteiger partial charge in [-0.1, -0.05) is 30.3 Å². The minimum absolute atomic E-state index is 0.346. The molecule has 0 amide bonds. The summed E-state index contributed by atoms with van der Waals surface area (Å²) in [5, 5.41) is 0. The Morgan fingerprint density at radius 3 is 2.50 bits per heavy atom. The molecule has 0 aliphatic carbocycles. The van der Waals surface area contributed by atoms with Crippen LogP contribution in [-0.4, -0.2) is 26.3 Å². The molecule has 0 atom stereocenters. The van der Waals surface area contributed by atoms with E-state index in [2.05, 4.69) is 0 Å². The normalized spacial score (nSPS) is 10.1. The summed E-state index contributed by atoms with van der Waals surface area (Å²) >= 11 is 0. The molecule has 2 aromatic carbocycles. The van der Waals surface area contributed by atoms with E-state index >= 15 is 0 Å². The SMILES string of the molecule is CCOc1ccc(C(=O)OCCc2ccccc2)cc1OC. The van der Waals surface area contributed by atoms with Gasteiger partial charge in [0.15, 0.2) is 11.5 Å². The topological polar surface area (TPSA) is 44.8 Å². The van der Waals surface area contributed by atoms with Crippen molar-refractivity contribution in [1.82, 2.24) is 0 Å². The number of ether oxygens (including phenoxy) is 3. The highest BCUT2D eigenvalue weighted by atomic mass is 16.5. The largest absolute Gasteiger partial charge is 0.493 e. The number of carbonyl (C=O) groups is 1. The van der Waals surface area contributed by atoms with Gasteiger partial charge in [-0.15, -0.1) is 0 Å². The Balaban J connectivity index is 1.94. The first-order valence-electron chi connectivity index (χ1n) is 7.26. The Hall–Kier alpha value is -2.49. The summed E-state index contributed by atoms with van der Waals surface area (Å²) in [7, 11) is 1.54. The van der Waals surface area contributed by atoms with Crippen molar-refractivity contribution in [2.75, 3.05) is 20.3 Å². The van der Waals surface area contributed by atoms with Gasteiger partial charge >= 0.3 is 5.97 Å². The van der Waals surface area contributed by atoms with Crippen LogP contribution in [0.25, 0.3) is 0 Å². The molecule has 22 heavy (non-hydrogen) atoms. The van der Waals surface area contributed by atoms with Gasteiger partial charge < -0.3 is 14.2 Å². The Morgan fingerprint density at radius 2 is 1.82 bits per heavy atom. The Labute approximate surface area is 130 Å². The molecule has 4 heteroatoms. The van der Waals surface area contributed by atoms with Crippen LogP contribution in [0.3, 0.4) is 0 Å². The summed E-state index contributed by atoms with van der Waals surface area (Å²) in [5.74, 6) is 0.780. The minimum Gasteiger partial charge on any atom is -0.493 e. The van der Waals surface area contributed by atoms with Crippen LogP contribution in [0.4, 0.5) is 0 Å². The van der Waals surface area contributed by atoms with E-state index in [0.717, 1.165) is 5.56 Å². The summed E-state index contributed by atoms with van der Waals surface area (Å²) in [5.41, 5.74) is 1.59. The third-order valence-electron chi connectivity index (χ3n) is 3.17. The lowest BCUT2D eigenvalue weighted by molar-refractivity contribution is 0.0509. The number of methoxy groups -OCH3 is 1. The minimum atomic E-state index is -0.364. The Kier molecular flexibility index (Phi) is 5.83. The average Bonchev–Trinajstić information content (AvgIpc) is 2.56. The van der Waals surface area contributed by atoms with Gasteiger partial charge in [-0.05, 0) is 30.7 Å². The van der Waals surface area contributed by atoms with Crippen LogP contribution in [0.1, 0.15) is 22.8 Å². The molecule has 2 rings (SSSR count). The van der Waals surface area contributed by atoms with E-state index in [1.54, 1.807) is 25.3 Å². The van der Waals surface area contributed by atoms with Gasteiger partial charge in [0.25, 0.3) is 0 Å². The molecule has 0 aliphatic rings. The van der Waals surface area contributed by atoms with E-state index in [-0.39, 0.29) is 5.97 Å². The lowest BCUT2D eigenvalue weighted by Gasteiger charge is -2.11. The highest BCUT2D eigenvalue weighted by Gasteiger charge is 2.12. The molecule has 0 fully saturated rings. The van der Waals surface area contributed by atoms with Crippen molar-refractivity contribution >= 4 is 5.97 Å². The predicted octanol–water partition coefficient (Wildman–Crippen LogP) is 3.49. The second kappa shape index (κ2) is 8.08. The second-order valence-electron chi connectivity index (χ2n) is 4.67. The van der Waals surface area contributed by atoms with E-state index in [1.807, 2.05) is 37.3 Å². The molecular formula is C18H20O4. The van der Waals surface area contributed by atoms with E-state index in [4.69, 9.17) is 14.2 Å². The van der Waals surface area contributed by atoms with E-state index < -0.39 is 0 Å². The fourth-order valence-corrected chi connectivity index (χ4v) is 2.06. The highest BCUT2D eigenvalue weighted by molar-refractivity contribution is 5.90. The molecule has 0 saturated heterocycles. The molecule has 0 bridgehead atoms. The van der Waals surface area contributed by atoms with E-state index in [1.165, 1.54) is 0 Å². The third-order valence-corrected chi connectivity index (χ3v) is 3.17. The summed E-state index contributed by atoms with van der Waals surface area (Å²) in [6.45, 7) is 2.78. The highest BCUT2D eigenvalue weighted by Crippen LogP contribution is 2.28. The standard InChI is InChI=1S/C18H20O4/c1-3-21-16-10-9-15(13-17(16)20-2)18(19)22-12-11-14-7-5-4-6-8-14/h4-10,13H,3,11-12H2,1-2H3. The maximum atomic E-state index is 12.1. The molecule has 0 N–H and O–H groups in total. The summed E-state index contributed by atoms with van der Waals surface area (Å²) < 4.78 is 16.0. The van der Waals surface area contributed by atoms with Gasteiger partial charge in [0.1, 0.15) is 0 Å². The Bertz CT molecular complexity index is 608. The van der Waals surface area contributed by atoms with Crippen molar-refractivity contribution < 1.29 is 19.0 Å². The molecule has 0 saturated carbocycles. The first-order chi connectivity index (χ1) is 10.7. The number of hydrogen-bond donors (Lipinski definition) is 0. The second-order valence-corrected chi connectivity index (χ2v) is 4.67. The quantitative estimate of drug-likeness (QED) is 0.734. The van der Waals surface area contributed by atoms with Gasteiger partial charge in [0, 0.05) is 6.42 Å². The van der Waals surface area contributed by atoms with Crippen LogP contribution < -0.4 is 9.47 Å². The van der Waals surface area contributed by atoms with Crippen LogP contribution in [0.2, 0.25) is 0 Å². The van der Waals surface area contributed by atoms with E-state index in [9.17, 15) is 4.79 Å². The van der Waals surface area contributed by atoms with Crippen molar-refractivity contribution in [3.63, 3.8) is 0 Å². The summed E-state index contributed by atoms with van der Waals surface area (Å²) in [6, 6.07) is 14.9. The van der Waals surface area contributed by atoms with Crippen molar-refractivity contribution in [3.05, 3.63) is 59.7 Å². The first kappa shape index (κ1) is 15.9. The monoisotopic (exact) mass is 300 g/mol. The lowest BCUT2D eigenvalue weighted by atomic mass is 10.2. The van der Waals surface area contributed by atoms with Crippen molar-refractivity contribution in [2.45, 2.75) is 13.3 Å². The molecule has 0 radical (unpaired) electrons. The van der Waals surface area contributed by atoms with Crippen LogP contribution in [0.15, 0.2) is 48.5 Å². The number of benzene rings is 2. The molecule has 2 aromatic rings. The van der Waals surface area contributed by atoms with Crippen molar-refractivity contribution in [3.8, 4) is 11.5 Å². The zero-order valence-electron chi connectivity index (χ0n) is 12.9. The third kappa shape index (κ3) is 4.25. The van der Waals surface area contributed by atoms with Gasteiger partial charge in [-0.25, -0.2) is 4.79 Å². The van der Waals surface area contributed by atoms with E-state index in [0.29, 0.717) is 36.7 Å². The number of hydrogen-bond acceptors (Lipinski definition) is 4. The molecule has 0 unspecified atom stereocenters. The van der Waals surface area contributed by atoms with Gasteiger partial charge in [0.05, 0.1) is 25.9 Å². The number of esters is 1. The van der Waals surface area contributed by atoms with Crippen LogP contribution in [0, 0.1) is 0 Å². The smallest absolute Gasteiger partial charge is 0.338 e. The fourth-order valence-electron chi connectivity index (χ4n) is 2.06. The molecular weight excluding hydrogens is 280 g/mol. The zero-order valence-corrected chi connectivity index (χ0v) is 12.9. The molecule has 4 nitrogen and oxygen atoms in total. The molecule has 0 aromatic heterocycles. The van der Waals surface area contributed by atoms with Gasteiger partial charge in [0.2, 0.25) is 0 Å². The predicted molar refractivity (Wildman–Crippen MR) is 84.6 cm³/mol. The van der Waals surface area contributed by atoms with Gasteiger partial charge in [-0.2, -0.15) is 0 Å². The maximum absolute atomic E-state index is 12.1. The molecule has 0 heterocycles. The van der Waals surface area contributed by atoms with Crippen LogP contribution in [0.5, 0.6) is 11.5 Å². The van der Waals surface area contributed by atoms with Crippen LogP contribution >= 0.6 is 0 Å². The Morgan fingerprint density at radius 1 is 1.05 bits per heavy atom. The molecule has 0 aliphatic heterocycles.